The van der Waals surface area contributed by atoms with Crippen LogP contribution in [0.4, 0.5) is 0 Å². The van der Waals surface area contributed by atoms with Crippen molar-refractivity contribution in [3.8, 4) is 5.75 Å². The van der Waals surface area contributed by atoms with Crippen LogP contribution in [0.5, 0.6) is 5.75 Å². The highest BCUT2D eigenvalue weighted by molar-refractivity contribution is 5.93. The van der Waals surface area contributed by atoms with Crippen molar-refractivity contribution in [2.45, 2.75) is 25.9 Å². The van der Waals surface area contributed by atoms with Crippen molar-refractivity contribution in [3.05, 3.63) is 40.2 Å². The molecule has 0 aliphatic carbocycles. The lowest BCUT2D eigenvalue weighted by molar-refractivity contribution is 0.0135. The van der Waals surface area contributed by atoms with Crippen LogP contribution in [-0.4, -0.2) is 43.7 Å². The molecule has 0 saturated carbocycles. The van der Waals surface area contributed by atoms with Crippen LogP contribution >= 0.6 is 0 Å². The fourth-order valence-electron chi connectivity index (χ4n) is 2.81. The third kappa shape index (κ3) is 3.59. The van der Waals surface area contributed by atoms with Gasteiger partial charge in [-0.25, -0.2) is 9.59 Å². The molecular formula is C18H21NO5. The van der Waals surface area contributed by atoms with E-state index in [9.17, 15) is 9.59 Å². The molecular weight excluding hydrogens is 310 g/mol. The Morgan fingerprint density at radius 2 is 2.04 bits per heavy atom. The third-order valence-electron chi connectivity index (χ3n) is 4.18. The van der Waals surface area contributed by atoms with Crippen molar-refractivity contribution < 1.29 is 18.7 Å². The lowest BCUT2D eigenvalue weighted by Gasteiger charge is -2.28. The standard InChI is InChI=1S/C18H21NO5/c1-3-22-14-5-4-12-10-15(18(21)24-16(12)11-14)17(20)23-13-6-8-19(2)9-7-13/h4-5,10-11,13H,3,6-9H2,1-2H3. The molecule has 0 atom stereocenters. The number of piperidine rings is 1. The maximum Gasteiger partial charge on any atom is 0.351 e. The van der Waals surface area contributed by atoms with E-state index in [4.69, 9.17) is 13.9 Å². The second-order valence-corrected chi connectivity index (χ2v) is 5.99. The van der Waals surface area contributed by atoms with Crippen molar-refractivity contribution in [2.75, 3.05) is 26.7 Å². The van der Waals surface area contributed by atoms with E-state index in [0.717, 1.165) is 25.9 Å². The fraction of sp³-hybridized carbons (Fsp3) is 0.444. The minimum absolute atomic E-state index is 0.0643. The highest BCUT2D eigenvalue weighted by Gasteiger charge is 2.23. The van der Waals surface area contributed by atoms with Crippen molar-refractivity contribution in [1.29, 1.82) is 0 Å². The molecule has 3 rings (SSSR count). The molecule has 6 nitrogen and oxygen atoms in total. The first-order valence-electron chi connectivity index (χ1n) is 8.17. The molecule has 1 aliphatic rings. The maximum atomic E-state index is 12.3. The van der Waals surface area contributed by atoms with E-state index in [0.29, 0.717) is 23.3 Å². The number of carbonyl (C=O) groups is 1. The zero-order valence-electron chi connectivity index (χ0n) is 13.9. The molecule has 1 aromatic carbocycles. The van der Waals surface area contributed by atoms with E-state index >= 15 is 0 Å². The minimum atomic E-state index is -0.686. The summed E-state index contributed by atoms with van der Waals surface area (Å²) < 4.78 is 16.1. The predicted octanol–water partition coefficient (Wildman–Crippen LogP) is 2.44. The number of likely N-dealkylation sites (tertiary alicyclic amines) is 1. The molecule has 0 spiro atoms. The summed E-state index contributed by atoms with van der Waals surface area (Å²) in [5, 5.41) is 0.661. The summed E-state index contributed by atoms with van der Waals surface area (Å²) in [7, 11) is 2.03. The van der Waals surface area contributed by atoms with E-state index in [1.165, 1.54) is 6.07 Å². The van der Waals surface area contributed by atoms with Crippen LogP contribution in [-0.2, 0) is 4.74 Å². The van der Waals surface area contributed by atoms with Crippen LogP contribution in [0.2, 0.25) is 0 Å². The molecule has 1 aliphatic heterocycles. The van der Waals surface area contributed by atoms with Crippen molar-refractivity contribution in [3.63, 3.8) is 0 Å². The molecule has 0 unspecified atom stereocenters. The summed E-state index contributed by atoms with van der Waals surface area (Å²) >= 11 is 0. The zero-order chi connectivity index (χ0) is 17.1. The summed E-state index contributed by atoms with van der Waals surface area (Å²) in [4.78, 5) is 26.6. The van der Waals surface area contributed by atoms with Gasteiger partial charge in [0.05, 0.1) is 6.61 Å². The number of rotatable bonds is 4. The molecule has 6 heteroatoms. The van der Waals surface area contributed by atoms with Crippen LogP contribution in [0, 0.1) is 0 Å². The summed E-state index contributed by atoms with van der Waals surface area (Å²) in [6, 6.07) is 6.70. The summed E-state index contributed by atoms with van der Waals surface area (Å²) in [6.07, 6.45) is 1.40. The van der Waals surface area contributed by atoms with Crippen LogP contribution in [0.15, 0.2) is 33.5 Å². The van der Waals surface area contributed by atoms with Crippen LogP contribution in [0.1, 0.15) is 30.1 Å². The highest BCUT2D eigenvalue weighted by atomic mass is 16.5. The minimum Gasteiger partial charge on any atom is -0.494 e. The smallest absolute Gasteiger partial charge is 0.351 e. The van der Waals surface area contributed by atoms with E-state index in [1.807, 2.05) is 14.0 Å². The Bertz CT molecular complexity index is 790. The van der Waals surface area contributed by atoms with Gasteiger partial charge >= 0.3 is 11.6 Å². The van der Waals surface area contributed by atoms with Crippen LogP contribution in [0.25, 0.3) is 11.0 Å². The normalized spacial score (nSPS) is 16.2. The average molecular weight is 331 g/mol. The van der Waals surface area contributed by atoms with Gasteiger partial charge in [0.15, 0.2) is 0 Å². The molecule has 1 aromatic heterocycles. The van der Waals surface area contributed by atoms with Gasteiger partial charge in [-0.1, -0.05) is 0 Å². The molecule has 1 fully saturated rings. The second-order valence-electron chi connectivity index (χ2n) is 5.99. The summed E-state index contributed by atoms with van der Waals surface area (Å²) in [6.45, 7) is 4.16. The summed E-state index contributed by atoms with van der Waals surface area (Å²) in [5.74, 6) is 0.00360. The van der Waals surface area contributed by atoms with Crippen molar-refractivity contribution in [2.24, 2.45) is 0 Å². The Morgan fingerprint density at radius 1 is 1.29 bits per heavy atom. The zero-order valence-corrected chi connectivity index (χ0v) is 13.9. The number of hydrogen-bond acceptors (Lipinski definition) is 6. The molecule has 0 radical (unpaired) electrons. The van der Waals surface area contributed by atoms with Gasteiger partial charge in [0, 0.05) is 24.5 Å². The Labute approximate surface area is 140 Å². The van der Waals surface area contributed by atoms with Crippen LogP contribution in [0.3, 0.4) is 0 Å². The lowest BCUT2D eigenvalue weighted by Crippen LogP contribution is -2.35. The second kappa shape index (κ2) is 7.05. The van der Waals surface area contributed by atoms with Gasteiger partial charge in [-0.05, 0) is 45.0 Å². The predicted molar refractivity (Wildman–Crippen MR) is 89.6 cm³/mol. The first-order chi connectivity index (χ1) is 11.6. The van der Waals surface area contributed by atoms with Gasteiger partial charge < -0.3 is 18.8 Å². The van der Waals surface area contributed by atoms with Gasteiger partial charge in [-0.3, -0.25) is 0 Å². The quantitative estimate of drug-likeness (QED) is 0.633. The number of nitrogens with zero attached hydrogens (tertiary/aromatic N) is 1. The molecule has 0 amide bonds. The monoisotopic (exact) mass is 331 g/mol. The molecule has 2 aromatic rings. The van der Waals surface area contributed by atoms with E-state index < -0.39 is 11.6 Å². The van der Waals surface area contributed by atoms with Crippen LogP contribution < -0.4 is 10.4 Å². The van der Waals surface area contributed by atoms with Gasteiger partial charge in [0.25, 0.3) is 0 Å². The van der Waals surface area contributed by atoms with Crippen molar-refractivity contribution in [1.82, 2.24) is 4.90 Å². The number of benzene rings is 1. The van der Waals surface area contributed by atoms with Gasteiger partial charge in [0.1, 0.15) is 23.0 Å². The van der Waals surface area contributed by atoms with Gasteiger partial charge in [0.2, 0.25) is 0 Å². The molecule has 128 valence electrons. The fourth-order valence-corrected chi connectivity index (χ4v) is 2.81. The molecule has 2 heterocycles. The number of hydrogen-bond donors (Lipinski definition) is 0. The first kappa shape index (κ1) is 16.5. The number of carbonyl (C=O) groups excluding carboxylic acids is 1. The Hall–Kier alpha value is -2.34. The van der Waals surface area contributed by atoms with E-state index in [-0.39, 0.29) is 11.7 Å². The topological polar surface area (TPSA) is 69.0 Å². The molecule has 24 heavy (non-hydrogen) atoms. The number of fused-ring (bicyclic) bond motifs is 1. The largest absolute Gasteiger partial charge is 0.494 e. The number of ether oxygens (including phenoxy) is 2. The Balaban J connectivity index is 1.81. The lowest BCUT2D eigenvalue weighted by atomic mass is 10.1. The molecule has 0 N–H and O–H groups in total. The van der Waals surface area contributed by atoms with Crippen molar-refractivity contribution >= 4 is 16.9 Å². The SMILES string of the molecule is CCOc1ccc2cc(C(=O)OC3CCN(C)CC3)c(=O)oc2c1. The van der Waals surface area contributed by atoms with Gasteiger partial charge in [-0.15, -0.1) is 0 Å². The van der Waals surface area contributed by atoms with Gasteiger partial charge in [-0.2, -0.15) is 0 Å². The Kier molecular flexibility index (Phi) is 4.85. The third-order valence-corrected chi connectivity index (χ3v) is 4.18. The molecule has 1 saturated heterocycles. The first-order valence-corrected chi connectivity index (χ1v) is 8.17. The average Bonchev–Trinajstić information content (AvgIpc) is 2.56. The van der Waals surface area contributed by atoms with E-state index in [2.05, 4.69) is 4.90 Å². The molecule has 0 bridgehead atoms. The van der Waals surface area contributed by atoms with E-state index in [1.54, 1.807) is 18.2 Å². The number of esters is 1. The Morgan fingerprint density at radius 3 is 2.75 bits per heavy atom. The highest BCUT2D eigenvalue weighted by Crippen LogP contribution is 2.21. The maximum absolute atomic E-state index is 12.3. The summed E-state index contributed by atoms with van der Waals surface area (Å²) in [5.41, 5.74) is -0.360.